The van der Waals surface area contributed by atoms with E-state index in [2.05, 4.69) is 52.8 Å². The molecule has 1 aliphatic heterocycles. The number of morpholine rings is 1. The maximum atomic E-state index is 5.45. The Labute approximate surface area is 130 Å². The van der Waals surface area contributed by atoms with Crippen LogP contribution in [0.15, 0.2) is 42.5 Å². The van der Waals surface area contributed by atoms with Gasteiger partial charge < -0.3 is 9.64 Å². The quantitative estimate of drug-likeness (QED) is 0.537. The van der Waals surface area contributed by atoms with Gasteiger partial charge in [-0.15, -0.1) is 0 Å². The van der Waals surface area contributed by atoms with E-state index < -0.39 is 0 Å². The monoisotopic (exact) mass is 294 g/mol. The van der Waals surface area contributed by atoms with E-state index in [9.17, 15) is 0 Å². The van der Waals surface area contributed by atoms with E-state index in [1.165, 1.54) is 16.7 Å². The minimum absolute atomic E-state index is 0.807. The van der Waals surface area contributed by atoms with Gasteiger partial charge in [-0.05, 0) is 25.1 Å². The highest BCUT2D eigenvalue weighted by Gasteiger charge is 2.18. The molecule has 4 heteroatoms. The normalized spacial score (nSPS) is 15.6. The van der Waals surface area contributed by atoms with E-state index >= 15 is 0 Å². The molecule has 22 heavy (non-hydrogen) atoms. The number of aromatic nitrogens is 2. The molecular weight excluding hydrogens is 274 g/mol. The Bertz CT molecular complexity index is 825. The number of nitrogens with zero attached hydrogens (tertiary/aromatic N) is 3. The molecule has 3 aromatic rings. The fourth-order valence-corrected chi connectivity index (χ4v) is 3.23. The summed E-state index contributed by atoms with van der Waals surface area (Å²) >= 11 is 0. The number of hydrogen-bond donors (Lipinski definition) is 0. The van der Waals surface area contributed by atoms with E-state index in [1.807, 2.05) is 6.07 Å². The Morgan fingerprint density at radius 2 is 1.82 bits per heavy atom. The van der Waals surface area contributed by atoms with Gasteiger partial charge in [0.2, 0.25) is 11.0 Å². The molecule has 2 aromatic carbocycles. The van der Waals surface area contributed by atoms with Crippen LogP contribution >= 0.6 is 0 Å². The largest absolute Gasteiger partial charge is 0.378 e. The summed E-state index contributed by atoms with van der Waals surface area (Å²) in [5.41, 5.74) is 5.76. The van der Waals surface area contributed by atoms with Gasteiger partial charge >= 0.3 is 0 Å². The first-order chi connectivity index (χ1) is 10.9. The van der Waals surface area contributed by atoms with Gasteiger partial charge in [0.15, 0.2) is 0 Å². The Kier molecular flexibility index (Phi) is 3.39. The molecule has 1 aromatic heterocycles. The third-order valence-corrected chi connectivity index (χ3v) is 4.36. The van der Waals surface area contributed by atoms with Crippen LogP contribution in [-0.4, -0.2) is 31.3 Å². The summed E-state index contributed by atoms with van der Waals surface area (Å²) in [7, 11) is 0. The predicted octanol–water partition coefficient (Wildman–Crippen LogP) is 2.53. The van der Waals surface area contributed by atoms with Crippen molar-refractivity contribution in [1.29, 1.82) is 0 Å². The minimum Gasteiger partial charge on any atom is -0.378 e. The molecule has 0 atom stereocenters. The SMILES string of the molecule is CC[n+]1c2ccccc2nc2ccc(N3CCOCC3)cc21. The maximum absolute atomic E-state index is 5.45. The van der Waals surface area contributed by atoms with Crippen LogP contribution in [0, 0.1) is 0 Å². The second-order valence-electron chi connectivity index (χ2n) is 5.62. The highest BCUT2D eigenvalue weighted by atomic mass is 16.5. The first-order valence-corrected chi connectivity index (χ1v) is 7.92. The number of para-hydroxylation sites is 2. The second kappa shape index (κ2) is 5.54. The summed E-state index contributed by atoms with van der Waals surface area (Å²) in [5.74, 6) is 0. The summed E-state index contributed by atoms with van der Waals surface area (Å²) in [4.78, 5) is 7.20. The number of aryl methyl sites for hydroxylation is 1. The molecule has 0 N–H and O–H groups in total. The highest BCUT2D eigenvalue weighted by Crippen LogP contribution is 2.22. The molecule has 1 fully saturated rings. The highest BCUT2D eigenvalue weighted by molar-refractivity contribution is 5.83. The van der Waals surface area contributed by atoms with Gasteiger partial charge in [-0.25, -0.2) is 4.98 Å². The van der Waals surface area contributed by atoms with Gasteiger partial charge in [-0.2, -0.15) is 4.57 Å². The molecule has 1 saturated heterocycles. The Morgan fingerprint density at radius 3 is 2.64 bits per heavy atom. The maximum Gasteiger partial charge on any atom is 0.233 e. The van der Waals surface area contributed by atoms with E-state index in [4.69, 9.17) is 9.72 Å². The van der Waals surface area contributed by atoms with Crippen molar-refractivity contribution in [2.45, 2.75) is 13.5 Å². The molecule has 0 spiro atoms. The zero-order valence-electron chi connectivity index (χ0n) is 12.8. The van der Waals surface area contributed by atoms with Crippen molar-refractivity contribution in [2.75, 3.05) is 31.2 Å². The van der Waals surface area contributed by atoms with Crippen molar-refractivity contribution in [3.63, 3.8) is 0 Å². The van der Waals surface area contributed by atoms with Gasteiger partial charge in [-0.3, -0.25) is 0 Å². The van der Waals surface area contributed by atoms with Crippen LogP contribution in [0.25, 0.3) is 22.1 Å². The van der Waals surface area contributed by atoms with Crippen molar-refractivity contribution in [3.05, 3.63) is 42.5 Å². The second-order valence-corrected chi connectivity index (χ2v) is 5.62. The van der Waals surface area contributed by atoms with E-state index in [1.54, 1.807) is 0 Å². The summed E-state index contributed by atoms with van der Waals surface area (Å²) in [5, 5.41) is 0. The predicted molar refractivity (Wildman–Crippen MR) is 88.2 cm³/mol. The van der Waals surface area contributed by atoms with Gasteiger partial charge in [0, 0.05) is 30.9 Å². The number of rotatable bonds is 2. The molecule has 4 rings (SSSR count). The molecule has 0 bridgehead atoms. The van der Waals surface area contributed by atoms with E-state index in [0.29, 0.717) is 0 Å². The van der Waals surface area contributed by atoms with Crippen LogP contribution in [0.5, 0.6) is 0 Å². The number of hydrogen-bond acceptors (Lipinski definition) is 3. The third kappa shape index (κ3) is 2.20. The smallest absolute Gasteiger partial charge is 0.233 e. The number of ether oxygens (including phenoxy) is 1. The molecule has 0 radical (unpaired) electrons. The van der Waals surface area contributed by atoms with Crippen molar-refractivity contribution >= 4 is 27.8 Å². The average molecular weight is 294 g/mol. The fraction of sp³-hybridized carbons (Fsp3) is 0.333. The minimum atomic E-state index is 0.807. The van der Waals surface area contributed by atoms with Crippen LogP contribution in [0.2, 0.25) is 0 Å². The lowest BCUT2D eigenvalue weighted by molar-refractivity contribution is -0.641. The molecule has 0 amide bonds. The summed E-state index contributed by atoms with van der Waals surface area (Å²) < 4.78 is 7.80. The first kappa shape index (κ1) is 13.5. The van der Waals surface area contributed by atoms with E-state index in [0.717, 1.165) is 43.9 Å². The molecule has 0 saturated carbocycles. The zero-order valence-corrected chi connectivity index (χ0v) is 12.8. The third-order valence-electron chi connectivity index (χ3n) is 4.36. The van der Waals surface area contributed by atoms with Gasteiger partial charge in [-0.1, -0.05) is 12.1 Å². The van der Waals surface area contributed by atoms with Crippen LogP contribution < -0.4 is 9.47 Å². The van der Waals surface area contributed by atoms with Crippen molar-refractivity contribution in [1.82, 2.24) is 4.98 Å². The lowest BCUT2D eigenvalue weighted by Gasteiger charge is -2.28. The summed E-state index contributed by atoms with van der Waals surface area (Å²) in [6.45, 7) is 6.65. The number of anilines is 1. The summed E-state index contributed by atoms with van der Waals surface area (Å²) in [6, 6.07) is 14.9. The molecule has 112 valence electrons. The molecule has 0 unspecified atom stereocenters. The standard InChI is InChI=1S/C18H20N3O/c1-2-21-17-6-4-3-5-15(17)19-16-8-7-14(13-18(16)21)20-9-11-22-12-10-20/h3-8,13H,2,9-12H2,1H3/q+1. The number of benzene rings is 2. The Morgan fingerprint density at radius 1 is 1.05 bits per heavy atom. The first-order valence-electron chi connectivity index (χ1n) is 7.92. The number of fused-ring (bicyclic) bond motifs is 2. The molecule has 2 heterocycles. The van der Waals surface area contributed by atoms with Gasteiger partial charge in [0.25, 0.3) is 0 Å². The summed E-state index contributed by atoms with van der Waals surface area (Å²) in [6.07, 6.45) is 0. The average Bonchev–Trinajstić information content (AvgIpc) is 2.60. The van der Waals surface area contributed by atoms with Crippen LogP contribution in [0.1, 0.15) is 6.92 Å². The molecule has 1 aliphatic rings. The van der Waals surface area contributed by atoms with Crippen molar-refractivity contribution in [2.24, 2.45) is 0 Å². The molecule has 0 aliphatic carbocycles. The fourth-order valence-electron chi connectivity index (χ4n) is 3.23. The lowest BCUT2D eigenvalue weighted by atomic mass is 10.2. The molecule has 4 nitrogen and oxygen atoms in total. The van der Waals surface area contributed by atoms with Crippen LogP contribution in [0.3, 0.4) is 0 Å². The van der Waals surface area contributed by atoms with Crippen molar-refractivity contribution in [3.8, 4) is 0 Å². The Hall–Kier alpha value is -2.20. The van der Waals surface area contributed by atoms with Gasteiger partial charge in [0.1, 0.15) is 17.6 Å². The lowest BCUT2D eigenvalue weighted by Crippen LogP contribution is -2.37. The zero-order chi connectivity index (χ0) is 14.9. The van der Waals surface area contributed by atoms with E-state index in [-0.39, 0.29) is 0 Å². The van der Waals surface area contributed by atoms with Crippen molar-refractivity contribution < 1.29 is 9.30 Å². The molecular formula is C18H20N3O+. The van der Waals surface area contributed by atoms with Crippen LogP contribution in [-0.2, 0) is 11.3 Å². The van der Waals surface area contributed by atoms with Gasteiger partial charge in [0.05, 0.1) is 13.2 Å². The Balaban J connectivity index is 1.92. The topological polar surface area (TPSA) is 29.2 Å². The van der Waals surface area contributed by atoms with Crippen LogP contribution in [0.4, 0.5) is 5.69 Å².